The highest BCUT2D eigenvalue weighted by Gasteiger charge is 2.64. The van der Waals surface area contributed by atoms with Crippen molar-refractivity contribution in [3.63, 3.8) is 0 Å². The molecule has 3 aromatic carbocycles. The van der Waals surface area contributed by atoms with E-state index in [1.54, 1.807) is 48.5 Å². The Kier molecular flexibility index (Phi) is 5.91. The van der Waals surface area contributed by atoms with Crippen LogP contribution in [0.1, 0.15) is 52.8 Å². The molecule has 8 nitrogen and oxygen atoms in total. The Bertz CT molecular complexity index is 1810. The molecule has 3 heterocycles. The van der Waals surface area contributed by atoms with Crippen molar-refractivity contribution in [1.82, 2.24) is 9.55 Å². The number of methoxy groups -OCH3 is 1. The summed E-state index contributed by atoms with van der Waals surface area (Å²) < 4.78 is 7.51. The van der Waals surface area contributed by atoms with Gasteiger partial charge in [0.25, 0.3) is 11.8 Å². The van der Waals surface area contributed by atoms with E-state index in [4.69, 9.17) is 32.9 Å². The molecule has 0 radical (unpaired) electrons. The van der Waals surface area contributed by atoms with E-state index in [0.717, 1.165) is 5.56 Å². The molecule has 6 rings (SSSR count). The Morgan fingerprint density at radius 2 is 1.77 bits per heavy atom. The number of halogens is 2. The van der Waals surface area contributed by atoms with Gasteiger partial charge in [0.15, 0.2) is 11.2 Å². The van der Waals surface area contributed by atoms with Gasteiger partial charge in [-0.3, -0.25) is 14.5 Å². The van der Waals surface area contributed by atoms with Crippen molar-refractivity contribution in [2.24, 2.45) is 0 Å². The highest BCUT2D eigenvalue weighted by molar-refractivity contribution is 6.32. The third kappa shape index (κ3) is 3.41. The molecule has 2 aliphatic rings. The number of carbonyl (C=O) groups excluding carboxylic acids is 2. The van der Waals surface area contributed by atoms with Crippen LogP contribution in [0.5, 0.6) is 5.75 Å². The van der Waals surface area contributed by atoms with Crippen molar-refractivity contribution in [1.29, 1.82) is 5.26 Å². The second-order valence-electron chi connectivity index (χ2n) is 10.0. The average Bonchev–Trinajstić information content (AvgIpc) is 3.53. The number of nitrogens with zero attached hydrogens (tertiary/aromatic N) is 4. The van der Waals surface area contributed by atoms with Crippen molar-refractivity contribution in [3.05, 3.63) is 92.7 Å². The lowest BCUT2D eigenvalue weighted by atomic mass is 9.86. The molecule has 10 heteroatoms. The van der Waals surface area contributed by atoms with Crippen LogP contribution in [0.4, 0.5) is 11.4 Å². The summed E-state index contributed by atoms with van der Waals surface area (Å²) in [6.07, 6.45) is 0. The fraction of sp³-hybridized carbons (Fsp3) is 0.200. The Morgan fingerprint density at radius 1 is 1.05 bits per heavy atom. The summed E-state index contributed by atoms with van der Waals surface area (Å²) in [6.45, 7) is 5.76. The fourth-order valence-corrected chi connectivity index (χ4v) is 6.12. The molecule has 0 saturated carbocycles. The lowest BCUT2D eigenvalue weighted by Gasteiger charge is -2.36. The third-order valence-electron chi connectivity index (χ3n) is 7.44. The quantitative estimate of drug-likeness (QED) is 0.302. The minimum Gasteiger partial charge on any atom is -0.496 e. The van der Waals surface area contributed by atoms with E-state index in [2.05, 4.69) is 11.4 Å². The van der Waals surface area contributed by atoms with Gasteiger partial charge in [-0.2, -0.15) is 5.26 Å². The number of aryl methyl sites for hydroxylation is 1. The smallest absolute Gasteiger partial charge is 0.280 e. The summed E-state index contributed by atoms with van der Waals surface area (Å²) >= 11 is 12.7. The van der Waals surface area contributed by atoms with Gasteiger partial charge in [0.1, 0.15) is 11.6 Å². The maximum atomic E-state index is 14.5. The number of fused-ring (bicyclic) bond motifs is 4. The summed E-state index contributed by atoms with van der Waals surface area (Å²) in [6, 6.07) is 17.3. The number of ether oxygens (including phenoxy) is 1. The SMILES string of the molecule is COc1ccc(C#N)cc1-c1nc2c(n1C(C)C)C1(C(=O)Nc3cc(Cl)ccc31)N(c1cc(Cl)ccc1C)C2=O. The number of amides is 2. The molecule has 2 aliphatic heterocycles. The van der Waals surface area contributed by atoms with Crippen molar-refractivity contribution < 1.29 is 14.3 Å². The van der Waals surface area contributed by atoms with Crippen LogP contribution in [0.15, 0.2) is 54.6 Å². The first kappa shape index (κ1) is 25.9. The Labute approximate surface area is 240 Å². The molecule has 1 aromatic heterocycles. The second-order valence-corrected chi connectivity index (χ2v) is 10.9. The van der Waals surface area contributed by atoms with Crippen LogP contribution in [0, 0.1) is 18.3 Å². The zero-order chi connectivity index (χ0) is 28.5. The second kappa shape index (κ2) is 9.12. The fourth-order valence-electron chi connectivity index (χ4n) is 5.78. The molecule has 1 N–H and O–H groups in total. The summed E-state index contributed by atoms with van der Waals surface area (Å²) in [7, 11) is 1.53. The highest BCUT2D eigenvalue weighted by atomic mass is 35.5. The number of nitrogens with one attached hydrogen (secondary N) is 1. The molecule has 200 valence electrons. The molecule has 0 saturated heterocycles. The zero-order valence-corrected chi connectivity index (χ0v) is 23.6. The molecular formula is C30H23Cl2N5O3. The first-order chi connectivity index (χ1) is 19.1. The van der Waals surface area contributed by atoms with Crippen molar-refractivity contribution in [2.45, 2.75) is 32.4 Å². The summed E-state index contributed by atoms with van der Waals surface area (Å²) in [5.41, 5.74) is 2.22. The maximum absolute atomic E-state index is 14.5. The van der Waals surface area contributed by atoms with E-state index in [1.165, 1.54) is 12.0 Å². The zero-order valence-electron chi connectivity index (χ0n) is 22.0. The molecular weight excluding hydrogens is 549 g/mol. The van der Waals surface area contributed by atoms with Crippen LogP contribution in [0.3, 0.4) is 0 Å². The molecule has 40 heavy (non-hydrogen) atoms. The third-order valence-corrected chi connectivity index (χ3v) is 7.91. The minimum atomic E-state index is -1.60. The van der Waals surface area contributed by atoms with Gasteiger partial charge in [0.05, 0.1) is 35.7 Å². The standard InChI is InChI=1S/C30H23Cl2N5O3/c1-15(2)36-26-25(35-27(36)20-11-17(14-33)6-10-24(20)40-4)28(38)37(23-13-19(32)7-5-16(23)3)30(26)21-9-8-18(31)12-22(21)34-29(30)39/h5-13,15H,1-4H3,(H,34,39). The van der Waals surface area contributed by atoms with E-state index in [9.17, 15) is 14.9 Å². The molecule has 1 atom stereocenters. The Balaban J connectivity index is 1.75. The number of hydrogen-bond acceptors (Lipinski definition) is 5. The molecule has 4 aromatic rings. The number of anilines is 2. The van der Waals surface area contributed by atoms with E-state index >= 15 is 0 Å². The molecule has 2 amide bonds. The van der Waals surface area contributed by atoms with Crippen molar-refractivity contribution in [2.75, 3.05) is 17.3 Å². The number of nitriles is 1. The Hall–Kier alpha value is -4.32. The van der Waals surface area contributed by atoms with Crippen molar-refractivity contribution in [3.8, 4) is 23.2 Å². The molecule has 0 fully saturated rings. The molecule has 0 aliphatic carbocycles. The number of hydrogen-bond donors (Lipinski definition) is 1. The molecule has 1 spiro atoms. The number of imidazole rings is 1. The Morgan fingerprint density at radius 3 is 2.48 bits per heavy atom. The van der Waals surface area contributed by atoms with E-state index in [0.29, 0.717) is 55.4 Å². The summed E-state index contributed by atoms with van der Waals surface area (Å²) in [5.74, 6) is 0.0349. The normalized spacial score (nSPS) is 17.3. The predicted molar refractivity (Wildman–Crippen MR) is 153 cm³/mol. The van der Waals surface area contributed by atoms with E-state index in [-0.39, 0.29) is 11.7 Å². The van der Waals surface area contributed by atoms with E-state index in [1.807, 2.05) is 31.4 Å². The molecule has 1 unspecified atom stereocenters. The van der Waals surface area contributed by atoms with Gasteiger partial charge < -0.3 is 14.6 Å². The summed E-state index contributed by atoms with van der Waals surface area (Å²) in [4.78, 5) is 35.1. The van der Waals surface area contributed by atoms with E-state index < -0.39 is 17.4 Å². The topological polar surface area (TPSA) is 100 Å². The number of aromatic nitrogens is 2. The number of benzene rings is 3. The lowest BCUT2D eigenvalue weighted by molar-refractivity contribution is -0.119. The van der Waals surface area contributed by atoms with Gasteiger partial charge >= 0.3 is 0 Å². The maximum Gasteiger partial charge on any atom is 0.280 e. The first-order valence-electron chi connectivity index (χ1n) is 12.6. The predicted octanol–water partition coefficient (Wildman–Crippen LogP) is 6.48. The minimum absolute atomic E-state index is 0.130. The van der Waals surface area contributed by atoms with Crippen molar-refractivity contribution >= 4 is 46.4 Å². The summed E-state index contributed by atoms with van der Waals surface area (Å²) in [5, 5.41) is 13.4. The first-order valence-corrected chi connectivity index (χ1v) is 13.3. The average molecular weight is 572 g/mol. The van der Waals surface area contributed by atoms with Crippen LogP contribution >= 0.6 is 23.2 Å². The van der Waals surface area contributed by atoms with Crippen LogP contribution < -0.4 is 15.0 Å². The van der Waals surface area contributed by atoms with Crippen LogP contribution in [0.2, 0.25) is 10.0 Å². The van der Waals surface area contributed by atoms with Gasteiger partial charge in [-0.05, 0) is 68.8 Å². The molecule has 0 bridgehead atoms. The van der Waals surface area contributed by atoms with Crippen LogP contribution in [0.25, 0.3) is 11.4 Å². The van der Waals surface area contributed by atoms with Gasteiger partial charge in [-0.1, -0.05) is 35.3 Å². The lowest BCUT2D eigenvalue weighted by Crippen LogP contribution is -2.51. The monoisotopic (exact) mass is 571 g/mol. The van der Waals surface area contributed by atoms with Gasteiger partial charge in [0, 0.05) is 27.3 Å². The number of carbonyl (C=O) groups is 2. The highest BCUT2D eigenvalue weighted by Crippen LogP contribution is 2.55. The van der Waals surface area contributed by atoms with Crippen LogP contribution in [-0.2, 0) is 10.3 Å². The largest absolute Gasteiger partial charge is 0.496 e. The van der Waals surface area contributed by atoms with Gasteiger partial charge in [-0.15, -0.1) is 0 Å². The number of rotatable bonds is 4. The van der Waals surface area contributed by atoms with Crippen LogP contribution in [-0.4, -0.2) is 28.5 Å². The van der Waals surface area contributed by atoms with Gasteiger partial charge in [0.2, 0.25) is 0 Å². The van der Waals surface area contributed by atoms with Gasteiger partial charge in [-0.25, -0.2) is 4.98 Å².